The molecule has 1 fully saturated rings. The number of ether oxygens (including phenoxy) is 4. The van der Waals surface area contributed by atoms with Gasteiger partial charge in [0.05, 0.1) is 26.9 Å². The van der Waals surface area contributed by atoms with Gasteiger partial charge in [-0.25, -0.2) is 4.79 Å². The zero-order valence-electron chi connectivity index (χ0n) is 22.6. The lowest BCUT2D eigenvalue weighted by Crippen LogP contribution is -2.39. The fourth-order valence-electron chi connectivity index (χ4n) is 5.12. The molecule has 3 aromatic carbocycles. The average molecular weight is 545 g/mol. The van der Waals surface area contributed by atoms with Crippen molar-refractivity contribution in [3.8, 4) is 11.5 Å². The average Bonchev–Trinajstić information content (AvgIpc) is 3.37. The monoisotopic (exact) mass is 544 g/mol. The molecule has 3 atom stereocenters. The lowest BCUT2D eigenvalue weighted by atomic mass is 9.80. The smallest absolute Gasteiger partial charge is 0.332 e. The first-order valence-electron chi connectivity index (χ1n) is 13.0. The lowest BCUT2D eigenvalue weighted by Gasteiger charge is -2.37. The van der Waals surface area contributed by atoms with Gasteiger partial charge in [-0.15, -0.1) is 0 Å². The number of hydrogen-bond donors (Lipinski definition) is 1. The van der Waals surface area contributed by atoms with Crippen molar-refractivity contribution in [2.45, 2.75) is 30.5 Å². The molecule has 1 aliphatic rings. The summed E-state index contributed by atoms with van der Waals surface area (Å²) in [7, 11) is 4.64. The highest BCUT2D eigenvalue weighted by molar-refractivity contribution is 5.49. The van der Waals surface area contributed by atoms with Crippen molar-refractivity contribution in [2.75, 3.05) is 20.8 Å². The Morgan fingerprint density at radius 3 is 1.95 bits per heavy atom. The molecular formula is C31H32N2O7. The van der Waals surface area contributed by atoms with Crippen LogP contribution in [0.4, 0.5) is 0 Å². The number of aliphatic hydroxyl groups excluding tert-OH is 1. The molecular weight excluding hydrogens is 512 g/mol. The zero-order chi connectivity index (χ0) is 28.3. The second-order valence-electron chi connectivity index (χ2n) is 9.65. The first-order chi connectivity index (χ1) is 19.4. The Labute approximate surface area is 231 Å². The van der Waals surface area contributed by atoms with E-state index in [2.05, 4.69) is 0 Å². The van der Waals surface area contributed by atoms with Crippen molar-refractivity contribution in [1.29, 1.82) is 0 Å². The normalized spacial score (nSPS) is 18.9. The first kappa shape index (κ1) is 27.4. The van der Waals surface area contributed by atoms with Gasteiger partial charge >= 0.3 is 5.69 Å². The predicted molar refractivity (Wildman–Crippen MR) is 149 cm³/mol. The van der Waals surface area contributed by atoms with E-state index in [4.69, 9.17) is 18.9 Å². The van der Waals surface area contributed by atoms with Crippen LogP contribution < -0.4 is 20.7 Å². The van der Waals surface area contributed by atoms with Crippen LogP contribution in [0.3, 0.4) is 0 Å². The minimum Gasteiger partial charge on any atom is -0.497 e. The molecule has 40 heavy (non-hydrogen) atoms. The van der Waals surface area contributed by atoms with Crippen molar-refractivity contribution >= 4 is 0 Å². The van der Waals surface area contributed by atoms with Crippen LogP contribution in [0, 0.1) is 0 Å². The highest BCUT2D eigenvalue weighted by Crippen LogP contribution is 2.42. The largest absolute Gasteiger partial charge is 0.497 e. The summed E-state index contributed by atoms with van der Waals surface area (Å²) in [6.45, 7) is 0.0190. The number of aromatic nitrogens is 2. The molecule has 208 valence electrons. The van der Waals surface area contributed by atoms with Crippen LogP contribution in [-0.4, -0.2) is 47.3 Å². The number of methoxy groups -OCH3 is 2. The van der Waals surface area contributed by atoms with Crippen molar-refractivity contribution in [2.24, 2.45) is 7.05 Å². The second-order valence-corrected chi connectivity index (χ2v) is 9.65. The van der Waals surface area contributed by atoms with E-state index in [0.29, 0.717) is 11.5 Å². The molecule has 0 aliphatic carbocycles. The van der Waals surface area contributed by atoms with E-state index >= 15 is 0 Å². The number of nitrogens with zero attached hydrogens (tertiary/aromatic N) is 2. The minimum absolute atomic E-state index is 0.0190. The Morgan fingerprint density at radius 1 is 0.850 bits per heavy atom. The summed E-state index contributed by atoms with van der Waals surface area (Å²) < 4.78 is 26.1. The van der Waals surface area contributed by atoms with Crippen LogP contribution in [0.5, 0.6) is 11.5 Å². The fourth-order valence-corrected chi connectivity index (χ4v) is 5.12. The van der Waals surface area contributed by atoms with Crippen LogP contribution in [0.15, 0.2) is 101 Å². The van der Waals surface area contributed by atoms with Gasteiger partial charge in [-0.3, -0.25) is 13.9 Å². The molecule has 0 bridgehead atoms. The van der Waals surface area contributed by atoms with Crippen molar-refractivity contribution in [3.63, 3.8) is 0 Å². The Hall–Kier alpha value is -4.18. The predicted octanol–water partition coefficient (Wildman–Crippen LogP) is 3.22. The van der Waals surface area contributed by atoms with E-state index in [0.717, 1.165) is 21.3 Å². The van der Waals surface area contributed by atoms with Gasteiger partial charge in [-0.1, -0.05) is 54.6 Å². The van der Waals surface area contributed by atoms with Crippen LogP contribution in [0.1, 0.15) is 29.3 Å². The van der Waals surface area contributed by atoms with Crippen molar-refractivity contribution in [1.82, 2.24) is 9.13 Å². The maximum absolute atomic E-state index is 12.7. The Kier molecular flexibility index (Phi) is 7.88. The van der Waals surface area contributed by atoms with Gasteiger partial charge in [0.15, 0.2) is 0 Å². The Bertz CT molecular complexity index is 1500. The topological polar surface area (TPSA) is 101 Å². The number of aliphatic hydroxyl groups is 1. The van der Waals surface area contributed by atoms with Crippen molar-refractivity contribution in [3.05, 3.63) is 129 Å². The van der Waals surface area contributed by atoms with Crippen LogP contribution in [0.25, 0.3) is 0 Å². The lowest BCUT2D eigenvalue weighted by molar-refractivity contribution is -0.0945. The molecule has 9 heteroatoms. The van der Waals surface area contributed by atoms with E-state index in [-0.39, 0.29) is 13.0 Å². The van der Waals surface area contributed by atoms with Gasteiger partial charge in [0, 0.05) is 25.7 Å². The molecule has 5 rings (SSSR count). The third kappa shape index (κ3) is 5.06. The molecule has 9 nitrogen and oxygen atoms in total. The van der Waals surface area contributed by atoms with E-state index in [9.17, 15) is 14.7 Å². The maximum atomic E-state index is 12.7. The maximum Gasteiger partial charge on any atom is 0.332 e. The van der Waals surface area contributed by atoms with Crippen molar-refractivity contribution < 1.29 is 24.1 Å². The number of rotatable bonds is 9. The van der Waals surface area contributed by atoms with Gasteiger partial charge in [0.2, 0.25) is 0 Å². The SMILES string of the molecule is COc1ccc(C(OC[C@H]2O[C@@H](n3ccc(=O)n(C)c3=O)C[C@H]2O)(c2ccccc2)c2ccc(OC)cc2)cc1. The zero-order valence-corrected chi connectivity index (χ0v) is 22.6. The summed E-state index contributed by atoms with van der Waals surface area (Å²) in [6, 6.07) is 26.4. The highest BCUT2D eigenvalue weighted by atomic mass is 16.6. The van der Waals surface area contributed by atoms with Gasteiger partial charge in [-0.05, 0) is 41.0 Å². The van der Waals surface area contributed by atoms with Crippen LogP contribution >= 0.6 is 0 Å². The molecule has 1 aliphatic heterocycles. The van der Waals surface area contributed by atoms with Gasteiger partial charge in [-0.2, -0.15) is 0 Å². The summed E-state index contributed by atoms with van der Waals surface area (Å²) in [4.78, 5) is 24.5. The summed E-state index contributed by atoms with van der Waals surface area (Å²) in [5.41, 5.74) is 0.580. The van der Waals surface area contributed by atoms with Gasteiger partial charge < -0.3 is 24.1 Å². The fraction of sp³-hybridized carbons (Fsp3) is 0.290. The third-order valence-corrected chi connectivity index (χ3v) is 7.37. The molecule has 0 unspecified atom stereocenters. The summed E-state index contributed by atoms with van der Waals surface area (Å²) in [5, 5.41) is 11.0. The summed E-state index contributed by atoms with van der Waals surface area (Å²) >= 11 is 0. The molecule has 0 spiro atoms. The van der Waals surface area contributed by atoms with Crippen LogP contribution in [0.2, 0.25) is 0 Å². The Morgan fingerprint density at radius 2 is 1.40 bits per heavy atom. The molecule has 0 radical (unpaired) electrons. The molecule has 0 amide bonds. The molecule has 1 aromatic heterocycles. The molecule has 0 saturated carbocycles. The Balaban J connectivity index is 1.54. The molecule has 4 aromatic rings. The first-order valence-corrected chi connectivity index (χ1v) is 13.0. The van der Waals surface area contributed by atoms with E-state index in [1.807, 2.05) is 78.9 Å². The summed E-state index contributed by atoms with van der Waals surface area (Å²) in [6.07, 6.45) is -0.789. The highest BCUT2D eigenvalue weighted by Gasteiger charge is 2.42. The van der Waals surface area contributed by atoms with Gasteiger partial charge in [0.1, 0.15) is 29.4 Å². The minimum atomic E-state index is -1.07. The number of hydrogen-bond acceptors (Lipinski definition) is 7. The van der Waals surface area contributed by atoms with E-state index in [1.54, 1.807) is 14.2 Å². The van der Waals surface area contributed by atoms with E-state index < -0.39 is 35.3 Å². The third-order valence-electron chi connectivity index (χ3n) is 7.37. The van der Waals surface area contributed by atoms with E-state index in [1.165, 1.54) is 23.9 Å². The summed E-state index contributed by atoms with van der Waals surface area (Å²) in [5.74, 6) is 1.42. The second kappa shape index (κ2) is 11.5. The molecule has 2 heterocycles. The van der Waals surface area contributed by atoms with Gasteiger partial charge in [0.25, 0.3) is 5.56 Å². The van der Waals surface area contributed by atoms with Crippen LogP contribution in [-0.2, 0) is 22.1 Å². The quantitative estimate of drug-likeness (QED) is 0.323. The molecule has 1 N–H and O–H groups in total. The number of benzene rings is 3. The standard InChI is InChI=1S/C31H32N2O7/c1-32-28(35)17-18-33(30(32)36)29-19-26(34)27(40-29)20-39-31(21-7-5-4-6-8-21,22-9-13-24(37-2)14-10-22)23-11-15-25(38-3)16-12-23/h4-18,26-27,29,34H,19-20H2,1-3H3/t26-,27-,29-/m1/s1. The molecule has 1 saturated heterocycles.